The van der Waals surface area contributed by atoms with Crippen LogP contribution in [0.1, 0.15) is 32.6 Å². The molecule has 0 aromatic heterocycles. The van der Waals surface area contributed by atoms with Gasteiger partial charge in [-0.15, -0.1) is 0 Å². The van der Waals surface area contributed by atoms with E-state index in [1.165, 1.54) is 22.5 Å². The maximum absolute atomic E-state index is 13.0. The van der Waals surface area contributed by atoms with Gasteiger partial charge in [0, 0.05) is 38.3 Å². The third-order valence-corrected chi connectivity index (χ3v) is 7.52. The van der Waals surface area contributed by atoms with Gasteiger partial charge in [0.05, 0.1) is 15.9 Å². The highest BCUT2D eigenvalue weighted by Crippen LogP contribution is 2.24. The molecule has 2 aliphatic heterocycles. The molecular weight excluding hydrogens is 396 g/mol. The molecule has 1 unspecified atom stereocenters. The number of rotatable bonds is 6. The van der Waals surface area contributed by atoms with E-state index in [9.17, 15) is 23.3 Å². The molecule has 2 aliphatic rings. The van der Waals surface area contributed by atoms with E-state index >= 15 is 0 Å². The molecule has 10 heteroatoms. The number of amides is 1. The smallest absolute Gasteiger partial charge is 0.270 e. The van der Waals surface area contributed by atoms with Crippen LogP contribution < -0.4 is 0 Å². The van der Waals surface area contributed by atoms with Crippen molar-refractivity contribution in [2.24, 2.45) is 0 Å². The van der Waals surface area contributed by atoms with Gasteiger partial charge in [-0.3, -0.25) is 19.8 Å². The van der Waals surface area contributed by atoms with Gasteiger partial charge in [0.15, 0.2) is 0 Å². The summed E-state index contributed by atoms with van der Waals surface area (Å²) in [5.74, 6) is 0.0885. The lowest BCUT2D eigenvalue weighted by atomic mass is 10.0. The summed E-state index contributed by atoms with van der Waals surface area (Å²) in [4.78, 5) is 27.3. The number of hydrogen-bond acceptors (Lipinski definition) is 6. The first-order chi connectivity index (χ1) is 13.8. The Bertz CT molecular complexity index is 850. The highest BCUT2D eigenvalue weighted by Gasteiger charge is 2.35. The molecule has 2 heterocycles. The molecule has 3 rings (SSSR count). The molecule has 0 N–H and O–H groups in total. The van der Waals surface area contributed by atoms with Crippen molar-refractivity contribution in [3.8, 4) is 0 Å². The Morgan fingerprint density at radius 3 is 2.55 bits per heavy atom. The third-order valence-electron chi connectivity index (χ3n) is 5.63. The summed E-state index contributed by atoms with van der Waals surface area (Å²) in [6, 6.07) is 4.98. The van der Waals surface area contributed by atoms with Crippen LogP contribution in [-0.4, -0.2) is 78.7 Å². The molecule has 0 bridgehead atoms. The Balaban J connectivity index is 1.66. The summed E-state index contributed by atoms with van der Waals surface area (Å²) in [7, 11) is -3.83. The number of sulfonamides is 1. The molecule has 29 heavy (non-hydrogen) atoms. The van der Waals surface area contributed by atoms with Gasteiger partial charge in [-0.1, -0.05) is 19.4 Å². The molecule has 1 amide bonds. The largest absolute Gasteiger partial charge is 0.339 e. The Morgan fingerprint density at radius 2 is 1.90 bits per heavy atom. The van der Waals surface area contributed by atoms with E-state index in [0.29, 0.717) is 13.1 Å². The minimum Gasteiger partial charge on any atom is -0.339 e. The number of non-ortho nitro benzene ring substituents is 1. The number of hydrogen-bond donors (Lipinski definition) is 0. The molecule has 9 nitrogen and oxygen atoms in total. The summed E-state index contributed by atoms with van der Waals surface area (Å²) >= 11 is 0. The maximum atomic E-state index is 13.0. The second-order valence-corrected chi connectivity index (χ2v) is 9.47. The van der Waals surface area contributed by atoms with Crippen LogP contribution in [0, 0.1) is 10.1 Å². The molecule has 2 fully saturated rings. The lowest BCUT2D eigenvalue weighted by molar-refractivity contribution is -0.385. The second kappa shape index (κ2) is 9.19. The van der Waals surface area contributed by atoms with Gasteiger partial charge in [0.2, 0.25) is 15.9 Å². The summed E-state index contributed by atoms with van der Waals surface area (Å²) in [5.41, 5.74) is -0.256. The number of nitro groups is 1. The molecule has 0 spiro atoms. The first-order valence-electron chi connectivity index (χ1n) is 10.1. The van der Waals surface area contributed by atoms with Crippen LogP contribution in [0.4, 0.5) is 5.69 Å². The molecule has 1 aromatic rings. The van der Waals surface area contributed by atoms with Crippen LogP contribution in [-0.2, 0) is 14.8 Å². The summed E-state index contributed by atoms with van der Waals surface area (Å²) in [5, 5.41) is 10.9. The van der Waals surface area contributed by atoms with Crippen molar-refractivity contribution < 1.29 is 18.1 Å². The standard InChI is InChI=1S/C19H28N4O5S/c1-2-9-20-10-4-3-8-18(20)19(24)21-11-13-22(14-12-21)29(27,28)17-7-5-6-16(15-17)23(25)26/h5-7,15,18H,2-4,8-14H2,1H3. The lowest BCUT2D eigenvalue weighted by Crippen LogP contribution is -2.56. The van der Waals surface area contributed by atoms with Crippen molar-refractivity contribution in [3.63, 3.8) is 0 Å². The highest BCUT2D eigenvalue weighted by molar-refractivity contribution is 7.89. The molecule has 2 saturated heterocycles. The first-order valence-corrected chi connectivity index (χ1v) is 11.6. The van der Waals surface area contributed by atoms with E-state index in [1.807, 2.05) is 0 Å². The molecule has 0 radical (unpaired) electrons. The zero-order chi connectivity index (χ0) is 21.0. The second-order valence-electron chi connectivity index (χ2n) is 7.53. The number of nitro benzene ring substituents is 1. The lowest BCUT2D eigenvalue weighted by Gasteiger charge is -2.40. The topological polar surface area (TPSA) is 104 Å². The fraction of sp³-hybridized carbons (Fsp3) is 0.632. The van der Waals surface area contributed by atoms with Gasteiger partial charge in [-0.25, -0.2) is 8.42 Å². The van der Waals surface area contributed by atoms with Crippen molar-refractivity contribution in [2.75, 3.05) is 39.3 Å². The Kier molecular flexibility index (Phi) is 6.86. The Labute approximate surface area is 171 Å². The number of carbonyl (C=O) groups is 1. The van der Waals surface area contributed by atoms with E-state index in [0.717, 1.165) is 44.8 Å². The van der Waals surface area contributed by atoms with Gasteiger partial charge in [0.1, 0.15) is 0 Å². The molecule has 0 saturated carbocycles. The average molecular weight is 425 g/mol. The molecule has 1 aromatic carbocycles. The fourth-order valence-corrected chi connectivity index (χ4v) is 5.55. The van der Waals surface area contributed by atoms with Gasteiger partial charge >= 0.3 is 0 Å². The van der Waals surface area contributed by atoms with Gasteiger partial charge in [-0.05, 0) is 38.4 Å². The SMILES string of the molecule is CCCN1CCCCC1C(=O)N1CCN(S(=O)(=O)c2cccc([N+](=O)[O-])c2)CC1. The monoisotopic (exact) mass is 424 g/mol. The highest BCUT2D eigenvalue weighted by atomic mass is 32.2. The number of piperidine rings is 1. The van der Waals surface area contributed by atoms with Crippen LogP contribution in [0.3, 0.4) is 0 Å². The third kappa shape index (κ3) is 4.76. The van der Waals surface area contributed by atoms with E-state index in [4.69, 9.17) is 0 Å². The fourth-order valence-electron chi connectivity index (χ4n) is 4.09. The Morgan fingerprint density at radius 1 is 1.17 bits per heavy atom. The molecule has 0 aliphatic carbocycles. The number of likely N-dealkylation sites (tertiary alicyclic amines) is 1. The molecular formula is C19H28N4O5S. The van der Waals surface area contributed by atoms with E-state index in [2.05, 4.69) is 11.8 Å². The van der Waals surface area contributed by atoms with Crippen LogP contribution >= 0.6 is 0 Å². The zero-order valence-corrected chi connectivity index (χ0v) is 17.5. The maximum Gasteiger partial charge on any atom is 0.270 e. The van der Waals surface area contributed by atoms with Gasteiger partial charge in [-0.2, -0.15) is 4.31 Å². The Hall–Kier alpha value is -2.04. The van der Waals surface area contributed by atoms with E-state index in [1.54, 1.807) is 4.90 Å². The van der Waals surface area contributed by atoms with Crippen molar-refractivity contribution in [3.05, 3.63) is 34.4 Å². The van der Waals surface area contributed by atoms with Gasteiger partial charge in [0.25, 0.3) is 5.69 Å². The summed E-state index contributed by atoms with van der Waals surface area (Å²) in [6.07, 6.45) is 4.00. The summed E-state index contributed by atoms with van der Waals surface area (Å²) in [6.45, 7) is 5.00. The summed E-state index contributed by atoms with van der Waals surface area (Å²) < 4.78 is 27.0. The average Bonchev–Trinajstić information content (AvgIpc) is 2.74. The van der Waals surface area contributed by atoms with E-state index < -0.39 is 14.9 Å². The predicted octanol–water partition coefficient (Wildman–Crippen LogP) is 1.69. The number of benzene rings is 1. The molecule has 1 atom stereocenters. The van der Waals surface area contributed by atoms with Crippen LogP contribution in [0.25, 0.3) is 0 Å². The van der Waals surface area contributed by atoms with Crippen molar-refractivity contribution in [1.82, 2.24) is 14.1 Å². The first kappa shape index (κ1) is 21.7. The number of nitrogens with zero attached hydrogens (tertiary/aromatic N) is 4. The van der Waals surface area contributed by atoms with Crippen molar-refractivity contribution in [2.45, 2.75) is 43.5 Å². The van der Waals surface area contributed by atoms with E-state index in [-0.39, 0.29) is 35.6 Å². The zero-order valence-electron chi connectivity index (χ0n) is 16.7. The number of carbonyl (C=O) groups excluding carboxylic acids is 1. The minimum atomic E-state index is -3.83. The quantitative estimate of drug-likeness (QED) is 0.508. The van der Waals surface area contributed by atoms with Crippen LogP contribution in [0.15, 0.2) is 29.2 Å². The minimum absolute atomic E-state index is 0.0885. The number of piperazine rings is 1. The van der Waals surface area contributed by atoms with Crippen LogP contribution in [0.5, 0.6) is 0 Å². The van der Waals surface area contributed by atoms with Crippen molar-refractivity contribution >= 4 is 21.6 Å². The van der Waals surface area contributed by atoms with Gasteiger partial charge < -0.3 is 4.90 Å². The predicted molar refractivity (Wildman–Crippen MR) is 108 cm³/mol. The normalized spacial score (nSPS) is 21.8. The van der Waals surface area contributed by atoms with Crippen LogP contribution in [0.2, 0.25) is 0 Å². The van der Waals surface area contributed by atoms with Crippen molar-refractivity contribution in [1.29, 1.82) is 0 Å². The molecule has 160 valence electrons.